The predicted molar refractivity (Wildman–Crippen MR) is 49.5 cm³/mol. The van der Waals surface area contributed by atoms with Crippen molar-refractivity contribution >= 4 is 11.3 Å². The first-order valence-electron chi connectivity index (χ1n) is 4.33. The van der Waals surface area contributed by atoms with Crippen LogP contribution in [0.1, 0.15) is 17.1 Å². The Morgan fingerprint density at radius 3 is 3.25 bits per heavy atom. The first-order chi connectivity index (χ1) is 5.84. The largest absolute Gasteiger partial charge is 0.381 e. The van der Waals surface area contributed by atoms with Crippen molar-refractivity contribution in [2.24, 2.45) is 5.92 Å². The Morgan fingerprint density at radius 1 is 1.75 bits per heavy atom. The van der Waals surface area contributed by atoms with Crippen LogP contribution in [0.25, 0.3) is 0 Å². The van der Waals surface area contributed by atoms with Crippen molar-refractivity contribution in [1.82, 2.24) is 4.98 Å². The van der Waals surface area contributed by atoms with Crippen LogP contribution in [0.5, 0.6) is 0 Å². The summed E-state index contributed by atoms with van der Waals surface area (Å²) < 4.78 is 5.31. The minimum Gasteiger partial charge on any atom is -0.381 e. The van der Waals surface area contributed by atoms with Gasteiger partial charge in [-0.1, -0.05) is 0 Å². The van der Waals surface area contributed by atoms with Crippen LogP contribution >= 0.6 is 11.3 Å². The molecule has 1 atom stereocenters. The predicted octanol–water partition coefficient (Wildman–Crippen LogP) is 2.03. The number of hydrogen-bond donors (Lipinski definition) is 0. The van der Waals surface area contributed by atoms with Crippen molar-refractivity contribution in [1.29, 1.82) is 0 Å². The fourth-order valence-electron chi connectivity index (χ4n) is 1.49. The quantitative estimate of drug-likeness (QED) is 0.700. The van der Waals surface area contributed by atoms with Gasteiger partial charge in [0.2, 0.25) is 0 Å². The van der Waals surface area contributed by atoms with E-state index < -0.39 is 0 Å². The molecule has 0 radical (unpaired) electrons. The highest BCUT2D eigenvalue weighted by molar-refractivity contribution is 7.09. The van der Waals surface area contributed by atoms with Crippen molar-refractivity contribution < 1.29 is 4.74 Å². The van der Waals surface area contributed by atoms with E-state index in [1.165, 1.54) is 11.4 Å². The summed E-state index contributed by atoms with van der Waals surface area (Å²) in [6.45, 7) is 3.92. The summed E-state index contributed by atoms with van der Waals surface area (Å²) in [7, 11) is 0. The van der Waals surface area contributed by atoms with E-state index in [4.69, 9.17) is 4.74 Å². The molecule has 0 bridgehead atoms. The minimum atomic E-state index is 0.718. The zero-order chi connectivity index (χ0) is 8.39. The van der Waals surface area contributed by atoms with Gasteiger partial charge in [-0.3, -0.25) is 0 Å². The molecule has 0 aliphatic carbocycles. The number of rotatable bonds is 2. The molecule has 1 aromatic heterocycles. The van der Waals surface area contributed by atoms with Gasteiger partial charge in [0.05, 0.1) is 5.01 Å². The molecule has 0 N–H and O–H groups in total. The molecule has 12 heavy (non-hydrogen) atoms. The lowest BCUT2D eigenvalue weighted by Crippen LogP contribution is -2.02. The van der Waals surface area contributed by atoms with Crippen LogP contribution in [0, 0.1) is 12.8 Å². The lowest BCUT2D eigenvalue weighted by molar-refractivity contribution is 0.186. The van der Waals surface area contributed by atoms with Crippen LogP contribution in [-0.2, 0) is 11.2 Å². The average molecular weight is 183 g/mol. The highest BCUT2D eigenvalue weighted by Gasteiger charge is 2.17. The van der Waals surface area contributed by atoms with Gasteiger partial charge >= 0.3 is 0 Å². The summed E-state index contributed by atoms with van der Waals surface area (Å²) >= 11 is 1.77. The Hall–Kier alpha value is -0.410. The normalized spacial score (nSPS) is 23.2. The molecule has 0 aromatic carbocycles. The Morgan fingerprint density at radius 2 is 2.67 bits per heavy atom. The van der Waals surface area contributed by atoms with E-state index in [-0.39, 0.29) is 0 Å². The fourth-order valence-corrected chi connectivity index (χ4v) is 2.38. The topological polar surface area (TPSA) is 22.1 Å². The van der Waals surface area contributed by atoms with Gasteiger partial charge in [-0.2, -0.15) is 0 Å². The molecule has 1 saturated heterocycles. The average Bonchev–Trinajstić information content (AvgIpc) is 2.63. The van der Waals surface area contributed by atoms with Crippen molar-refractivity contribution in [3.05, 3.63) is 16.1 Å². The maximum Gasteiger partial charge on any atom is 0.0931 e. The number of aryl methyl sites for hydroxylation is 1. The molecule has 3 heteroatoms. The maximum absolute atomic E-state index is 5.31. The molecule has 0 amide bonds. The smallest absolute Gasteiger partial charge is 0.0931 e. The molecule has 66 valence electrons. The molecule has 1 aliphatic rings. The molecule has 2 heterocycles. The van der Waals surface area contributed by atoms with Gasteiger partial charge in [-0.15, -0.1) is 11.3 Å². The number of hydrogen-bond acceptors (Lipinski definition) is 3. The number of ether oxygens (including phenoxy) is 1. The summed E-state index contributed by atoms with van der Waals surface area (Å²) in [6.07, 6.45) is 2.32. The highest BCUT2D eigenvalue weighted by Crippen LogP contribution is 2.20. The molecule has 0 saturated carbocycles. The summed E-state index contributed by atoms with van der Waals surface area (Å²) in [5.74, 6) is 0.718. The second kappa shape index (κ2) is 3.54. The lowest BCUT2D eigenvalue weighted by atomic mass is 10.1. The van der Waals surface area contributed by atoms with Gasteiger partial charge in [-0.25, -0.2) is 4.98 Å². The molecule has 2 nitrogen and oxygen atoms in total. The SMILES string of the molecule is Cc1csc(CC2CCOC2)n1. The summed E-state index contributed by atoms with van der Waals surface area (Å²) in [5, 5.41) is 3.38. The molecule has 1 fully saturated rings. The van der Waals surface area contributed by atoms with Crippen LogP contribution in [-0.4, -0.2) is 18.2 Å². The summed E-state index contributed by atoms with van der Waals surface area (Å²) in [6, 6.07) is 0. The number of nitrogens with zero attached hydrogens (tertiary/aromatic N) is 1. The van der Waals surface area contributed by atoms with Crippen molar-refractivity contribution in [2.75, 3.05) is 13.2 Å². The van der Waals surface area contributed by atoms with Gasteiger partial charge < -0.3 is 4.74 Å². The Labute approximate surface area is 76.6 Å². The van der Waals surface area contributed by atoms with Gasteiger partial charge in [0.15, 0.2) is 0 Å². The van der Waals surface area contributed by atoms with Gasteiger partial charge in [-0.05, 0) is 19.3 Å². The van der Waals surface area contributed by atoms with E-state index in [1.807, 2.05) is 6.92 Å². The number of thiazole rings is 1. The molecule has 1 aliphatic heterocycles. The van der Waals surface area contributed by atoms with Crippen LogP contribution in [0.3, 0.4) is 0 Å². The van der Waals surface area contributed by atoms with Gasteiger partial charge in [0.1, 0.15) is 0 Å². The number of aromatic nitrogens is 1. The molecule has 1 aromatic rings. The van der Waals surface area contributed by atoms with E-state index in [9.17, 15) is 0 Å². The molecular weight excluding hydrogens is 170 g/mol. The molecule has 1 unspecified atom stereocenters. The van der Waals surface area contributed by atoms with Crippen molar-refractivity contribution in [2.45, 2.75) is 19.8 Å². The van der Waals surface area contributed by atoms with E-state index in [0.29, 0.717) is 0 Å². The van der Waals surface area contributed by atoms with E-state index in [2.05, 4.69) is 10.4 Å². The fraction of sp³-hybridized carbons (Fsp3) is 0.667. The van der Waals surface area contributed by atoms with Crippen molar-refractivity contribution in [3.8, 4) is 0 Å². The standard InChI is InChI=1S/C9H13NOS/c1-7-6-12-9(10-7)4-8-2-3-11-5-8/h6,8H,2-5H2,1H3. The monoisotopic (exact) mass is 183 g/mol. The first-order valence-corrected chi connectivity index (χ1v) is 5.21. The molecule has 2 rings (SSSR count). The Kier molecular flexibility index (Phi) is 2.42. The third kappa shape index (κ3) is 1.84. The summed E-state index contributed by atoms with van der Waals surface area (Å²) in [4.78, 5) is 4.44. The third-order valence-corrected chi connectivity index (χ3v) is 3.14. The third-order valence-electron chi connectivity index (χ3n) is 2.15. The summed E-state index contributed by atoms with van der Waals surface area (Å²) in [5.41, 5.74) is 1.15. The second-order valence-corrected chi connectivity index (χ2v) is 4.26. The van der Waals surface area contributed by atoms with E-state index >= 15 is 0 Å². The Balaban J connectivity index is 1.94. The zero-order valence-electron chi connectivity index (χ0n) is 7.25. The van der Waals surface area contributed by atoms with E-state index in [1.54, 1.807) is 11.3 Å². The first kappa shape index (κ1) is 8.20. The van der Waals surface area contributed by atoms with Gasteiger partial charge in [0, 0.05) is 30.7 Å². The van der Waals surface area contributed by atoms with Gasteiger partial charge in [0.25, 0.3) is 0 Å². The minimum absolute atomic E-state index is 0.718. The van der Waals surface area contributed by atoms with Crippen LogP contribution < -0.4 is 0 Å². The molecule has 0 spiro atoms. The second-order valence-electron chi connectivity index (χ2n) is 3.32. The van der Waals surface area contributed by atoms with Crippen LogP contribution in [0.2, 0.25) is 0 Å². The zero-order valence-corrected chi connectivity index (χ0v) is 8.06. The lowest BCUT2D eigenvalue weighted by Gasteiger charge is -2.02. The molecular formula is C9H13NOS. The van der Waals surface area contributed by atoms with Crippen LogP contribution in [0.4, 0.5) is 0 Å². The highest BCUT2D eigenvalue weighted by atomic mass is 32.1. The van der Waals surface area contributed by atoms with E-state index in [0.717, 1.165) is 31.2 Å². The maximum atomic E-state index is 5.31. The Bertz CT molecular complexity index is 253. The van der Waals surface area contributed by atoms with Crippen LogP contribution in [0.15, 0.2) is 5.38 Å². The van der Waals surface area contributed by atoms with Crippen molar-refractivity contribution in [3.63, 3.8) is 0 Å².